The molecule has 2 aromatic heterocycles. The van der Waals surface area contributed by atoms with Gasteiger partial charge in [0.15, 0.2) is 5.01 Å². The zero-order valence-electron chi connectivity index (χ0n) is 19.6. The normalized spacial score (nSPS) is 19.7. The van der Waals surface area contributed by atoms with Crippen LogP contribution >= 0.6 is 11.3 Å². The van der Waals surface area contributed by atoms with E-state index in [1.165, 1.54) is 0 Å². The molecule has 0 spiro atoms. The molecule has 0 radical (unpaired) electrons. The molecule has 6 nitrogen and oxygen atoms in total. The molecule has 1 amide bonds. The summed E-state index contributed by atoms with van der Waals surface area (Å²) in [7, 11) is 0. The molecule has 1 fully saturated rings. The second kappa shape index (κ2) is 8.96. The van der Waals surface area contributed by atoms with Crippen LogP contribution in [0.3, 0.4) is 0 Å². The molecule has 1 aliphatic rings. The number of thiazole rings is 1. The molecule has 0 saturated heterocycles. The maximum absolute atomic E-state index is 12.9. The van der Waals surface area contributed by atoms with Gasteiger partial charge in [0.2, 0.25) is 0 Å². The Kier molecular flexibility index (Phi) is 6.50. The molecule has 1 aromatic carbocycles. The molecule has 0 unspecified atom stereocenters. The van der Waals surface area contributed by atoms with Gasteiger partial charge in [-0.15, -0.1) is 11.3 Å². The maximum atomic E-state index is 12.9. The van der Waals surface area contributed by atoms with E-state index in [1.54, 1.807) is 26.0 Å². The van der Waals surface area contributed by atoms with Crippen LogP contribution in [-0.2, 0) is 11.8 Å². The lowest BCUT2D eigenvalue weighted by molar-refractivity contribution is -0.137. The van der Waals surface area contributed by atoms with Gasteiger partial charge in [0, 0.05) is 28.2 Å². The van der Waals surface area contributed by atoms with Crippen LogP contribution in [-0.4, -0.2) is 25.8 Å². The highest BCUT2D eigenvalue weighted by molar-refractivity contribution is 7.10. The van der Waals surface area contributed by atoms with Gasteiger partial charge in [-0.05, 0) is 63.5 Å². The Balaban J connectivity index is 1.62. The molecule has 4 rings (SSSR count). The van der Waals surface area contributed by atoms with E-state index in [9.17, 15) is 23.1 Å². The number of fused-ring (bicyclic) bond motifs is 1. The van der Waals surface area contributed by atoms with Gasteiger partial charge in [-0.3, -0.25) is 9.48 Å². The van der Waals surface area contributed by atoms with Gasteiger partial charge in [-0.2, -0.15) is 18.3 Å². The van der Waals surface area contributed by atoms with E-state index in [0.29, 0.717) is 40.1 Å². The van der Waals surface area contributed by atoms with Crippen LogP contribution in [0.25, 0.3) is 10.9 Å². The average molecular weight is 495 g/mol. The van der Waals surface area contributed by atoms with Crippen LogP contribution in [0.4, 0.5) is 18.9 Å². The number of benzene rings is 1. The van der Waals surface area contributed by atoms with Crippen LogP contribution in [0, 0.1) is 11.8 Å². The van der Waals surface area contributed by atoms with Gasteiger partial charge in [0.25, 0.3) is 5.91 Å². The summed E-state index contributed by atoms with van der Waals surface area (Å²) in [6.45, 7) is 7.69. The van der Waals surface area contributed by atoms with Crippen molar-refractivity contribution in [2.75, 3.05) is 5.32 Å². The molecule has 1 aliphatic carbocycles. The second-order valence-corrected chi connectivity index (χ2v) is 10.8. The number of nitrogens with zero attached hydrogens (tertiary/aromatic N) is 3. The smallest absolute Gasteiger partial charge is 0.386 e. The van der Waals surface area contributed by atoms with Crippen molar-refractivity contribution < 1.29 is 23.1 Å². The first-order valence-corrected chi connectivity index (χ1v) is 12.3. The van der Waals surface area contributed by atoms with E-state index >= 15 is 0 Å². The number of anilines is 1. The Morgan fingerprint density at radius 3 is 2.44 bits per heavy atom. The molecular weight excluding hydrogens is 465 g/mol. The van der Waals surface area contributed by atoms with Gasteiger partial charge in [-0.1, -0.05) is 13.8 Å². The van der Waals surface area contributed by atoms with Crippen molar-refractivity contribution in [3.63, 3.8) is 0 Å². The summed E-state index contributed by atoms with van der Waals surface area (Å²) < 4.78 is 40.6. The fourth-order valence-corrected chi connectivity index (χ4v) is 5.28. The summed E-state index contributed by atoms with van der Waals surface area (Å²) >= 11 is 0.369. The van der Waals surface area contributed by atoms with E-state index in [4.69, 9.17) is 5.10 Å². The van der Waals surface area contributed by atoms with Crippen molar-refractivity contribution in [2.24, 2.45) is 11.8 Å². The van der Waals surface area contributed by atoms with Crippen molar-refractivity contribution in [3.05, 3.63) is 40.0 Å². The zero-order chi connectivity index (χ0) is 24.8. The number of carbonyl (C=O) groups is 1. The molecule has 0 aliphatic heterocycles. The maximum Gasteiger partial charge on any atom is 0.443 e. The Labute approximate surface area is 200 Å². The van der Waals surface area contributed by atoms with Crippen LogP contribution < -0.4 is 5.32 Å². The quantitative estimate of drug-likeness (QED) is 0.431. The molecular formula is C24H29F3N4O2S. The van der Waals surface area contributed by atoms with Crippen LogP contribution in [0.5, 0.6) is 0 Å². The third-order valence-electron chi connectivity index (χ3n) is 6.61. The number of carbonyl (C=O) groups excluding carboxylic acids is 1. The van der Waals surface area contributed by atoms with Crippen LogP contribution in [0.2, 0.25) is 0 Å². The molecule has 3 aromatic rings. The van der Waals surface area contributed by atoms with Crippen LogP contribution in [0.15, 0.2) is 23.7 Å². The topological polar surface area (TPSA) is 80.0 Å². The fraction of sp³-hybridized carbons (Fsp3) is 0.542. The highest BCUT2D eigenvalue weighted by Gasteiger charge is 2.35. The first-order chi connectivity index (χ1) is 15.8. The number of halogens is 3. The second-order valence-electron chi connectivity index (χ2n) is 9.93. The summed E-state index contributed by atoms with van der Waals surface area (Å²) in [5, 5.41) is 18.9. The van der Waals surface area contributed by atoms with Gasteiger partial charge in [-0.25, -0.2) is 4.98 Å². The summed E-state index contributed by atoms with van der Waals surface area (Å²) in [4.78, 5) is 16.1. The number of aliphatic hydroxyl groups is 1. The SMILES string of the molecule is CC(C)C1CCC(n2cc3cc(NC(=O)c4csc(C(F)(F)F)n4)c(C(C)(C)O)cc3n2)CC1. The Morgan fingerprint density at radius 2 is 1.88 bits per heavy atom. The number of amides is 1. The standard InChI is InChI=1S/C24H29F3N4O2S/c1-13(2)14-5-7-16(8-6-14)31-11-15-9-19(17(23(3,4)33)10-18(15)30-31)28-21(32)20-12-34-22(29-20)24(25,26)27/h9-14,16,33H,5-8H2,1-4H3,(H,28,32). The fourth-order valence-electron chi connectivity index (χ4n) is 4.61. The van der Waals surface area contributed by atoms with Crippen molar-refractivity contribution >= 4 is 33.8 Å². The van der Waals surface area contributed by atoms with Crippen molar-refractivity contribution in [1.29, 1.82) is 0 Å². The van der Waals surface area contributed by atoms with E-state index in [2.05, 4.69) is 24.1 Å². The molecule has 1 saturated carbocycles. The molecule has 34 heavy (non-hydrogen) atoms. The molecule has 2 N–H and O–H groups in total. The third kappa shape index (κ3) is 5.12. The van der Waals surface area contributed by atoms with Gasteiger partial charge < -0.3 is 10.4 Å². The number of aromatic nitrogens is 3. The number of rotatable bonds is 5. The van der Waals surface area contributed by atoms with Crippen molar-refractivity contribution in [1.82, 2.24) is 14.8 Å². The number of alkyl halides is 3. The third-order valence-corrected chi connectivity index (χ3v) is 7.49. The molecule has 2 heterocycles. The molecule has 0 bridgehead atoms. The van der Waals surface area contributed by atoms with E-state index in [1.807, 2.05) is 10.9 Å². The van der Waals surface area contributed by atoms with Gasteiger partial charge in [0.05, 0.1) is 17.2 Å². The first kappa shape index (κ1) is 24.7. The zero-order valence-corrected chi connectivity index (χ0v) is 20.4. The minimum atomic E-state index is -4.61. The molecule has 184 valence electrons. The van der Waals surface area contributed by atoms with Gasteiger partial charge in [0.1, 0.15) is 5.69 Å². The highest BCUT2D eigenvalue weighted by atomic mass is 32.1. The summed E-state index contributed by atoms with van der Waals surface area (Å²) in [5.41, 5.74) is -0.205. The van der Waals surface area contributed by atoms with Gasteiger partial charge >= 0.3 is 6.18 Å². The van der Waals surface area contributed by atoms with E-state index in [0.717, 1.165) is 42.4 Å². The first-order valence-electron chi connectivity index (χ1n) is 11.4. The van der Waals surface area contributed by atoms with Crippen molar-refractivity contribution in [2.45, 2.75) is 71.2 Å². The summed E-state index contributed by atoms with van der Waals surface area (Å²) in [6, 6.07) is 3.73. The lowest BCUT2D eigenvalue weighted by atomic mass is 9.80. The van der Waals surface area contributed by atoms with Crippen molar-refractivity contribution in [3.8, 4) is 0 Å². The van der Waals surface area contributed by atoms with E-state index < -0.39 is 22.7 Å². The number of hydrogen-bond donors (Lipinski definition) is 2. The predicted molar refractivity (Wildman–Crippen MR) is 126 cm³/mol. The Bertz CT molecular complexity index is 1190. The molecule has 0 atom stereocenters. The Hall–Kier alpha value is -2.46. The minimum absolute atomic E-state index is 0.293. The highest BCUT2D eigenvalue weighted by Crippen LogP contribution is 2.38. The lowest BCUT2D eigenvalue weighted by Crippen LogP contribution is -2.21. The monoisotopic (exact) mass is 494 g/mol. The lowest BCUT2D eigenvalue weighted by Gasteiger charge is -2.30. The van der Waals surface area contributed by atoms with E-state index in [-0.39, 0.29) is 5.69 Å². The van der Waals surface area contributed by atoms with Crippen LogP contribution in [0.1, 0.15) is 80.5 Å². The number of nitrogens with one attached hydrogen (secondary N) is 1. The Morgan fingerprint density at radius 1 is 1.21 bits per heavy atom. The molecule has 10 heteroatoms. The summed E-state index contributed by atoms with van der Waals surface area (Å²) in [5.74, 6) is 0.632. The average Bonchev–Trinajstić information content (AvgIpc) is 3.39. The number of hydrogen-bond acceptors (Lipinski definition) is 5. The predicted octanol–water partition coefficient (Wildman–Crippen LogP) is 6.38. The minimum Gasteiger partial charge on any atom is -0.386 e. The largest absolute Gasteiger partial charge is 0.443 e. The summed E-state index contributed by atoms with van der Waals surface area (Å²) in [6.07, 6.45) is 1.73.